The van der Waals surface area contributed by atoms with Gasteiger partial charge in [0.1, 0.15) is 0 Å². The summed E-state index contributed by atoms with van der Waals surface area (Å²) < 4.78 is 0. The number of aromatic nitrogens is 2. The zero-order chi connectivity index (χ0) is 13.4. The van der Waals surface area contributed by atoms with Crippen LogP contribution in [-0.2, 0) is 0 Å². The fraction of sp³-hybridized carbons (Fsp3) is 0.357. The maximum Gasteiger partial charge on any atom is 0.335 e. The number of hydrogen-bond acceptors (Lipinski definition) is 4. The molecule has 2 N–H and O–H groups in total. The van der Waals surface area contributed by atoms with Crippen molar-refractivity contribution in [1.29, 1.82) is 0 Å². The Hall–Kier alpha value is -2.17. The van der Waals surface area contributed by atoms with E-state index in [0.29, 0.717) is 12.0 Å². The van der Waals surface area contributed by atoms with Crippen molar-refractivity contribution in [2.24, 2.45) is 5.92 Å². The Labute approximate surface area is 110 Å². The molecule has 5 nitrogen and oxygen atoms in total. The van der Waals surface area contributed by atoms with Gasteiger partial charge in [0.15, 0.2) is 0 Å². The van der Waals surface area contributed by atoms with Crippen LogP contribution in [0, 0.1) is 5.92 Å². The highest BCUT2D eigenvalue weighted by atomic mass is 16.4. The molecule has 0 unspecified atom stereocenters. The number of carbonyl (C=O) groups is 1. The van der Waals surface area contributed by atoms with E-state index >= 15 is 0 Å². The molecular weight excluding hydrogens is 242 g/mol. The normalized spacial score (nSPS) is 21.9. The second-order valence-electron chi connectivity index (χ2n) is 5.19. The first-order chi connectivity index (χ1) is 9.11. The lowest BCUT2D eigenvalue weighted by Crippen LogP contribution is -2.34. The summed E-state index contributed by atoms with van der Waals surface area (Å²) in [6, 6.07) is 5.33. The molecule has 1 saturated carbocycles. The van der Waals surface area contributed by atoms with Gasteiger partial charge in [-0.05, 0) is 37.0 Å². The molecule has 0 amide bonds. The minimum absolute atomic E-state index is 0.254. The highest BCUT2D eigenvalue weighted by molar-refractivity contribution is 5.93. The predicted octanol–water partition coefficient (Wildman–Crippen LogP) is 2.54. The molecule has 1 fully saturated rings. The van der Waals surface area contributed by atoms with Gasteiger partial charge < -0.3 is 10.4 Å². The van der Waals surface area contributed by atoms with Gasteiger partial charge in [-0.2, -0.15) is 0 Å². The smallest absolute Gasteiger partial charge is 0.335 e. The second kappa shape index (κ2) is 4.50. The van der Waals surface area contributed by atoms with Crippen molar-refractivity contribution in [3.05, 3.63) is 30.0 Å². The van der Waals surface area contributed by atoms with Crippen molar-refractivity contribution in [2.45, 2.75) is 25.8 Å². The fourth-order valence-electron chi connectivity index (χ4n) is 2.44. The van der Waals surface area contributed by atoms with Crippen molar-refractivity contribution in [2.75, 3.05) is 5.32 Å². The van der Waals surface area contributed by atoms with E-state index in [1.165, 1.54) is 0 Å². The van der Waals surface area contributed by atoms with Crippen LogP contribution >= 0.6 is 0 Å². The molecule has 0 bridgehead atoms. The molecule has 0 spiro atoms. The van der Waals surface area contributed by atoms with Crippen molar-refractivity contribution in [3.8, 4) is 0 Å². The fourth-order valence-corrected chi connectivity index (χ4v) is 2.44. The Morgan fingerprint density at radius 2 is 2.21 bits per heavy atom. The van der Waals surface area contributed by atoms with Crippen LogP contribution in [0.5, 0.6) is 0 Å². The largest absolute Gasteiger partial charge is 0.478 e. The first-order valence-corrected chi connectivity index (χ1v) is 6.38. The first-order valence-electron chi connectivity index (χ1n) is 6.38. The van der Waals surface area contributed by atoms with Crippen LogP contribution < -0.4 is 5.32 Å². The SMILES string of the molecule is CC1CC(Nc2ncc3cc(C(=O)O)ccc3n2)C1. The van der Waals surface area contributed by atoms with E-state index in [2.05, 4.69) is 22.2 Å². The van der Waals surface area contributed by atoms with Crippen molar-refractivity contribution >= 4 is 22.8 Å². The lowest BCUT2D eigenvalue weighted by atomic mass is 9.82. The van der Waals surface area contributed by atoms with Gasteiger partial charge in [-0.15, -0.1) is 0 Å². The molecule has 2 aromatic rings. The minimum atomic E-state index is -0.937. The summed E-state index contributed by atoms with van der Waals surface area (Å²) in [6.45, 7) is 2.23. The zero-order valence-corrected chi connectivity index (χ0v) is 10.6. The number of aromatic carboxylic acids is 1. The highest BCUT2D eigenvalue weighted by Crippen LogP contribution is 2.28. The summed E-state index contributed by atoms with van der Waals surface area (Å²) in [5.41, 5.74) is 1.01. The third-order valence-corrected chi connectivity index (χ3v) is 3.53. The lowest BCUT2D eigenvalue weighted by molar-refractivity contribution is 0.0697. The molecule has 5 heteroatoms. The number of anilines is 1. The van der Waals surface area contributed by atoms with Crippen molar-refractivity contribution in [3.63, 3.8) is 0 Å². The lowest BCUT2D eigenvalue weighted by Gasteiger charge is -2.33. The summed E-state index contributed by atoms with van der Waals surface area (Å²) in [5, 5.41) is 13.0. The molecule has 3 rings (SSSR count). The number of benzene rings is 1. The Morgan fingerprint density at radius 1 is 1.42 bits per heavy atom. The Bertz CT molecular complexity index is 636. The molecule has 1 heterocycles. The summed E-state index contributed by atoms with van der Waals surface area (Å²) in [4.78, 5) is 19.5. The number of nitrogens with zero attached hydrogens (tertiary/aromatic N) is 2. The van der Waals surface area contributed by atoms with Crippen LogP contribution in [0.1, 0.15) is 30.1 Å². The summed E-state index contributed by atoms with van der Waals surface area (Å²) >= 11 is 0. The maximum atomic E-state index is 10.9. The van der Waals surface area contributed by atoms with Gasteiger partial charge in [0, 0.05) is 17.6 Å². The summed E-state index contributed by atoms with van der Waals surface area (Å²) in [5.74, 6) is 0.455. The van der Waals surface area contributed by atoms with Gasteiger partial charge in [-0.25, -0.2) is 14.8 Å². The van der Waals surface area contributed by atoms with E-state index in [0.717, 1.165) is 29.7 Å². The maximum absolute atomic E-state index is 10.9. The van der Waals surface area contributed by atoms with Gasteiger partial charge in [-0.1, -0.05) is 6.92 Å². The van der Waals surface area contributed by atoms with Crippen LogP contribution in [0.3, 0.4) is 0 Å². The van der Waals surface area contributed by atoms with Crippen LogP contribution in [0.4, 0.5) is 5.95 Å². The first kappa shape index (κ1) is 11.9. The summed E-state index contributed by atoms with van der Waals surface area (Å²) in [7, 11) is 0. The molecular formula is C14H15N3O2. The molecule has 0 saturated heterocycles. The zero-order valence-electron chi connectivity index (χ0n) is 10.6. The van der Waals surface area contributed by atoms with Gasteiger partial charge >= 0.3 is 5.97 Å². The molecule has 0 atom stereocenters. The number of nitrogens with one attached hydrogen (secondary N) is 1. The molecule has 1 aromatic carbocycles. The molecule has 1 aliphatic rings. The molecule has 0 aliphatic heterocycles. The van der Waals surface area contributed by atoms with E-state index in [1.807, 2.05) is 0 Å². The van der Waals surface area contributed by atoms with Crippen LogP contribution in [0.15, 0.2) is 24.4 Å². The van der Waals surface area contributed by atoms with Gasteiger partial charge in [-0.3, -0.25) is 0 Å². The van der Waals surface area contributed by atoms with Gasteiger partial charge in [0.05, 0.1) is 11.1 Å². The Kier molecular flexibility index (Phi) is 2.81. The van der Waals surface area contributed by atoms with Crippen LogP contribution in [0.2, 0.25) is 0 Å². The standard InChI is InChI=1S/C14H15N3O2/c1-8-4-11(5-8)16-14-15-7-10-6-9(13(18)19)2-3-12(10)17-14/h2-3,6-8,11H,4-5H2,1H3,(H,18,19)(H,15,16,17). The molecule has 0 radical (unpaired) electrons. The van der Waals surface area contributed by atoms with Crippen LogP contribution in [-0.4, -0.2) is 27.1 Å². The predicted molar refractivity (Wildman–Crippen MR) is 72.3 cm³/mol. The Morgan fingerprint density at radius 3 is 2.89 bits per heavy atom. The van der Waals surface area contributed by atoms with Crippen molar-refractivity contribution in [1.82, 2.24) is 9.97 Å². The Balaban J connectivity index is 1.85. The molecule has 1 aliphatic carbocycles. The minimum Gasteiger partial charge on any atom is -0.478 e. The summed E-state index contributed by atoms with van der Waals surface area (Å²) in [6.07, 6.45) is 3.97. The van der Waals surface area contributed by atoms with E-state index in [9.17, 15) is 4.79 Å². The quantitative estimate of drug-likeness (QED) is 0.883. The van der Waals surface area contributed by atoms with E-state index < -0.39 is 5.97 Å². The second-order valence-corrected chi connectivity index (χ2v) is 5.19. The number of hydrogen-bond donors (Lipinski definition) is 2. The molecule has 1 aromatic heterocycles. The number of rotatable bonds is 3. The topological polar surface area (TPSA) is 75.1 Å². The number of carboxylic acid groups (broad SMARTS) is 1. The van der Waals surface area contributed by atoms with Gasteiger partial charge in [0.2, 0.25) is 5.95 Å². The molecule has 98 valence electrons. The van der Waals surface area contributed by atoms with Crippen LogP contribution in [0.25, 0.3) is 10.9 Å². The third kappa shape index (κ3) is 2.36. The average molecular weight is 257 g/mol. The molecule has 19 heavy (non-hydrogen) atoms. The van der Waals surface area contributed by atoms with Gasteiger partial charge in [0.25, 0.3) is 0 Å². The highest BCUT2D eigenvalue weighted by Gasteiger charge is 2.25. The van der Waals surface area contributed by atoms with E-state index in [1.54, 1.807) is 24.4 Å². The monoisotopic (exact) mass is 257 g/mol. The van der Waals surface area contributed by atoms with E-state index in [4.69, 9.17) is 5.11 Å². The third-order valence-electron chi connectivity index (χ3n) is 3.53. The average Bonchev–Trinajstić information content (AvgIpc) is 2.36. The number of fused-ring (bicyclic) bond motifs is 1. The number of carboxylic acids is 1. The van der Waals surface area contributed by atoms with Crippen molar-refractivity contribution < 1.29 is 9.90 Å². The van der Waals surface area contributed by atoms with E-state index in [-0.39, 0.29) is 5.56 Å².